The summed E-state index contributed by atoms with van der Waals surface area (Å²) in [5, 5.41) is 2.93. The molecule has 0 aromatic carbocycles. The molecule has 0 fully saturated rings. The maximum absolute atomic E-state index is 12.4. The lowest BCUT2D eigenvalue weighted by Gasteiger charge is -2.38. The normalized spacial score (nSPS) is 13.9. The quantitative estimate of drug-likeness (QED) is 0.832. The van der Waals surface area contributed by atoms with Crippen molar-refractivity contribution in [3.63, 3.8) is 0 Å². The number of nitrogens with zero attached hydrogens (tertiary/aromatic N) is 1. The van der Waals surface area contributed by atoms with Crippen LogP contribution in [0.4, 0.5) is 5.82 Å². The Hall–Kier alpha value is -1.20. The summed E-state index contributed by atoms with van der Waals surface area (Å²) in [6, 6.07) is 3.74. The van der Waals surface area contributed by atoms with Gasteiger partial charge in [-0.2, -0.15) is 0 Å². The van der Waals surface area contributed by atoms with Crippen LogP contribution in [0.5, 0.6) is 0 Å². The lowest BCUT2D eigenvalue weighted by atomic mass is 10.2. The summed E-state index contributed by atoms with van der Waals surface area (Å²) in [6.07, 6.45) is 1.98. The first-order valence-electron chi connectivity index (χ1n) is 7.48. The van der Waals surface area contributed by atoms with Crippen LogP contribution in [-0.2, 0) is 9.22 Å². The highest BCUT2D eigenvalue weighted by Gasteiger charge is 2.40. The van der Waals surface area contributed by atoms with Gasteiger partial charge in [-0.1, -0.05) is 33.8 Å². The van der Waals surface area contributed by atoms with Crippen LogP contribution in [0.1, 0.15) is 39.7 Å². The molecule has 1 aromatic heterocycles. The Bertz CT molecular complexity index is 478. The topological polar surface area (TPSA) is 51.2 Å². The van der Waals surface area contributed by atoms with Gasteiger partial charge in [-0.3, -0.25) is 4.79 Å². The fraction of sp³-hybridized carbons (Fsp3) is 0.625. The minimum absolute atomic E-state index is 0.0861. The Balaban J connectivity index is 2.76. The molecule has 0 radical (unpaired) electrons. The van der Waals surface area contributed by atoms with E-state index in [0.29, 0.717) is 12.2 Å². The Morgan fingerprint density at radius 2 is 2.00 bits per heavy atom. The largest absolute Gasteiger partial charge is 0.405 e. The summed E-state index contributed by atoms with van der Waals surface area (Å²) in [4.78, 5) is 16.6. The first-order chi connectivity index (χ1) is 9.56. The van der Waals surface area contributed by atoms with Gasteiger partial charge in [0, 0.05) is 6.20 Å². The number of amides is 1. The van der Waals surface area contributed by atoms with E-state index in [-0.39, 0.29) is 10.9 Å². The molecule has 0 saturated carbocycles. The van der Waals surface area contributed by atoms with Gasteiger partial charge in [-0.25, -0.2) is 4.98 Å². The third-order valence-electron chi connectivity index (χ3n) is 4.07. The zero-order valence-electron chi connectivity index (χ0n) is 14.3. The maximum Gasteiger partial charge on any atom is 0.253 e. The van der Waals surface area contributed by atoms with E-state index in [1.165, 1.54) is 0 Å². The minimum Gasteiger partial charge on any atom is -0.405 e. The second-order valence-corrected chi connectivity index (χ2v) is 11.7. The van der Waals surface area contributed by atoms with Crippen molar-refractivity contribution in [1.29, 1.82) is 0 Å². The maximum atomic E-state index is 12.4. The van der Waals surface area contributed by atoms with Crippen molar-refractivity contribution in [2.45, 2.75) is 65.3 Å². The number of aryl methyl sites for hydroxylation is 1. The number of rotatable bonds is 5. The van der Waals surface area contributed by atoms with Crippen LogP contribution in [0.3, 0.4) is 0 Å². The summed E-state index contributed by atoms with van der Waals surface area (Å²) in [5.74, 6) is 0.460. The number of carbonyl (C=O) groups excluding carboxylic acids is 1. The molecular formula is C16H28N2O2Si. The van der Waals surface area contributed by atoms with Gasteiger partial charge in [0.25, 0.3) is 5.91 Å². The zero-order chi connectivity index (χ0) is 16.3. The number of carbonyl (C=O) groups is 1. The summed E-state index contributed by atoms with van der Waals surface area (Å²) in [7, 11) is -1.96. The van der Waals surface area contributed by atoms with Gasteiger partial charge in [0.05, 0.1) is 0 Å². The molecule has 0 aliphatic rings. The molecule has 0 aliphatic heterocycles. The van der Waals surface area contributed by atoms with Crippen LogP contribution < -0.4 is 5.32 Å². The first-order valence-corrected chi connectivity index (χ1v) is 10.4. The molecule has 4 nitrogen and oxygen atoms in total. The summed E-state index contributed by atoms with van der Waals surface area (Å²) in [6.45, 7) is 14.8. The first kappa shape index (κ1) is 17.8. The molecule has 0 spiro atoms. The van der Waals surface area contributed by atoms with E-state index in [9.17, 15) is 4.79 Å². The highest BCUT2D eigenvalue weighted by Crippen LogP contribution is 2.37. The van der Waals surface area contributed by atoms with Gasteiger partial charge in [0.15, 0.2) is 8.32 Å². The molecule has 1 N–H and O–H groups in total. The molecule has 1 amide bonds. The molecular weight excluding hydrogens is 280 g/mol. The van der Waals surface area contributed by atoms with Crippen LogP contribution in [-0.4, -0.2) is 25.3 Å². The Kier molecular flexibility index (Phi) is 5.70. The van der Waals surface area contributed by atoms with E-state index < -0.39 is 14.4 Å². The van der Waals surface area contributed by atoms with Crippen LogP contribution in [0.25, 0.3) is 0 Å². The second kappa shape index (κ2) is 6.71. The molecule has 0 bridgehead atoms. The lowest BCUT2D eigenvalue weighted by molar-refractivity contribution is -0.123. The molecule has 0 saturated heterocycles. The summed E-state index contributed by atoms with van der Waals surface area (Å²) < 4.78 is 6.21. The van der Waals surface area contributed by atoms with Crippen molar-refractivity contribution in [2.24, 2.45) is 0 Å². The van der Waals surface area contributed by atoms with Crippen molar-refractivity contribution in [3.8, 4) is 0 Å². The van der Waals surface area contributed by atoms with E-state index in [1.54, 1.807) is 6.20 Å². The molecule has 5 heteroatoms. The molecule has 1 unspecified atom stereocenters. The average molecular weight is 308 g/mol. The van der Waals surface area contributed by atoms with E-state index >= 15 is 0 Å². The standard InChI is InChI=1S/C16H28N2O2Si/c1-8-13(20-21(6,7)16(3,4)5)15(19)18-14-10-9-12(2)11-17-14/h9-11,13H,8H2,1-7H3,(H,17,18,19). The van der Waals surface area contributed by atoms with Gasteiger partial charge in [0.2, 0.25) is 0 Å². The molecule has 1 heterocycles. The van der Waals surface area contributed by atoms with Crippen molar-refractivity contribution < 1.29 is 9.22 Å². The summed E-state index contributed by atoms with van der Waals surface area (Å²) in [5.41, 5.74) is 1.07. The number of pyridine rings is 1. The highest BCUT2D eigenvalue weighted by molar-refractivity contribution is 6.74. The van der Waals surface area contributed by atoms with Crippen molar-refractivity contribution in [2.75, 3.05) is 5.32 Å². The number of hydrogen-bond acceptors (Lipinski definition) is 3. The third kappa shape index (κ3) is 4.93. The van der Waals surface area contributed by atoms with Gasteiger partial charge in [-0.15, -0.1) is 0 Å². The van der Waals surface area contributed by atoms with Gasteiger partial charge in [0.1, 0.15) is 11.9 Å². The number of hydrogen-bond donors (Lipinski definition) is 1. The molecule has 1 atom stereocenters. The van der Waals surface area contributed by atoms with Crippen LogP contribution in [0.2, 0.25) is 18.1 Å². The Labute approximate surface area is 129 Å². The highest BCUT2D eigenvalue weighted by atomic mass is 28.4. The van der Waals surface area contributed by atoms with Crippen molar-refractivity contribution in [1.82, 2.24) is 4.98 Å². The molecule has 118 valence electrons. The second-order valence-electron chi connectivity index (χ2n) is 6.99. The van der Waals surface area contributed by atoms with Crippen LogP contribution in [0, 0.1) is 6.92 Å². The van der Waals surface area contributed by atoms with Crippen LogP contribution in [0.15, 0.2) is 18.3 Å². The van der Waals surface area contributed by atoms with E-state index in [0.717, 1.165) is 5.56 Å². The zero-order valence-corrected chi connectivity index (χ0v) is 15.3. The summed E-state index contributed by atoms with van der Waals surface area (Å²) >= 11 is 0. The third-order valence-corrected chi connectivity index (χ3v) is 8.56. The Morgan fingerprint density at radius 3 is 2.43 bits per heavy atom. The van der Waals surface area contributed by atoms with Crippen molar-refractivity contribution in [3.05, 3.63) is 23.9 Å². The fourth-order valence-corrected chi connectivity index (χ4v) is 2.94. The number of aromatic nitrogens is 1. The van der Waals surface area contributed by atoms with Crippen molar-refractivity contribution >= 4 is 20.0 Å². The smallest absolute Gasteiger partial charge is 0.253 e. The predicted octanol–water partition coefficient (Wildman–Crippen LogP) is 4.13. The Morgan fingerprint density at radius 1 is 1.38 bits per heavy atom. The van der Waals surface area contributed by atoms with Gasteiger partial charge >= 0.3 is 0 Å². The van der Waals surface area contributed by atoms with Crippen LogP contribution >= 0.6 is 0 Å². The number of anilines is 1. The molecule has 0 aliphatic carbocycles. The van der Waals surface area contributed by atoms with E-state index in [1.807, 2.05) is 26.0 Å². The fourth-order valence-electron chi connectivity index (χ4n) is 1.60. The predicted molar refractivity (Wildman–Crippen MR) is 90.0 cm³/mol. The molecule has 1 aromatic rings. The molecule has 21 heavy (non-hydrogen) atoms. The van der Waals surface area contributed by atoms with E-state index in [4.69, 9.17) is 4.43 Å². The number of nitrogens with one attached hydrogen (secondary N) is 1. The molecule has 1 rings (SSSR count). The average Bonchev–Trinajstić information content (AvgIpc) is 2.37. The van der Waals surface area contributed by atoms with Gasteiger partial charge in [-0.05, 0) is 43.1 Å². The van der Waals surface area contributed by atoms with E-state index in [2.05, 4.69) is 44.2 Å². The van der Waals surface area contributed by atoms with Gasteiger partial charge < -0.3 is 9.74 Å². The lowest BCUT2D eigenvalue weighted by Crippen LogP contribution is -2.47. The monoisotopic (exact) mass is 308 g/mol. The minimum atomic E-state index is -1.96. The SMILES string of the molecule is CCC(O[Si](C)(C)C(C)(C)C)C(=O)Nc1ccc(C)cn1.